The molecule has 0 spiro atoms. The molecule has 0 aliphatic heterocycles. The number of hydrogen-bond acceptors (Lipinski definition) is 3. The van der Waals surface area contributed by atoms with Crippen LogP contribution in [0.1, 0.15) is 32.4 Å². The van der Waals surface area contributed by atoms with E-state index in [1.807, 2.05) is 26.1 Å². The molecule has 0 unspecified atom stereocenters. The Bertz CT molecular complexity index is 308. The van der Waals surface area contributed by atoms with Crippen molar-refractivity contribution >= 4 is 5.82 Å². The fourth-order valence-corrected chi connectivity index (χ4v) is 1.45. The summed E-state index contributed by atoms with van der Waals surface area (Å²) in [6, 6.07) is 3.95. The summed E-state index contributed by atoms with van der Waals surface area (Å²) in [5.74, 6) is 1.67. The molecule has 0 radical (unpaired) electrons. The summed E-state index contributed by atoms with van der Waals surface area (Å²) >= 11 is 0. The summed E-state index contributed by atoms with van der Waals surface area (Å²) < 4.78 is 5.86. The zero-order chi connectivity index (χ0) is 11.3. The van der Waals surface area contributed by atoms with Crippen LogP contribution in [0.3, 0.4) is 0 Å². The molecule has 1 aromatic rings. The first-order valence-corrected chi connectivity index (χ1v) is 5.53. The Morgan fingerprint density at radius 1 is 1.33 bits per heavy atom. The second-order valence-corrected chi connectivity index (χ2v) is 3.61. The molecule has 3 nitrogen and oxygen atoms in total. The van der Waals surface area contributed by atoms with Crippen LogP contribution in [-0.4, -0.2) is 18.1 Å². The average Bonchev–Trinajstić information content (AvgIpc) is 2.27. The van der Waals surface area contributed by atoms with Gasteiger partial charge < -0.3 is 10.1 Å². The van der Waals surface area contributed by atoms with Crippen molar-refractivity contribution in [3.05, 3.63) is 17.8 Å². The minimum atomic E-state index is 0.279. The lowest BCUT2D eigenvalue weighted by atomic mass is 10.2. The first-order valence-electron chi connectivity index (χ1n) is 5.53. The first-order chi connectivity index (χ1) is 7.21. The van der Waals surface area contributed by atoms with Gasteiger partial charge in [0.2, 0.25) is 0 Å². The van der Waals surface area contributed by atoms with Gasteiger partial charge in [0, 0.05) is 12.7 Å². The van der Waals surface area contributed by atoms with E-state index in [0.717, 1.165) is 30.1 Å². The van der Waals surface area contributed by atoms with Crippen LogP contribution in [0.15, 0.2) is 12.1 Å². The summed E-state index contributed by atoms with van der Waals surface area (Å²) in [5, 5.41) is 3.05. The Balaban J connectivity index is 2.83. The molecular weight excluding hydrogens is 188 g/mol. The second kappa shape index (κ2) is 5.59. The Kier molecular flexibility index (Phi) is 4.40. The van der Waals surface area contributed by atoms with Crippen molar-refractivity contribution in [2.45, 2.75) is 39.7 Å². The van der Waals surface area contributed by atoms with Crippen molar-refractivity contribution in [3.8, 4) is 5.75 Å². The van der Waals surface area contributed by atoms with Gasteiger partial charge in [-0.25, -0.2) is 4.98 Å². The van der Waals surface area contributed by atoms with Crippen LogP contribution in [0, 0.1) is 6.92 Å². The normalized spacial score (nSPS) is 10.5. The van der Waals surface area contributed by atoms with Crippen LogP contribution >= 0.6 is 0 Å². The van der Waals surface area contributed by atoms with Gasteiger partial charge in [-0.2, -0.15) is 0 Å². The maximum absolute atomic E-state index is 5.86. The van der Waals surface area contributed by atoms with Crippen molar-refractivity contribution in [3.63, 3.8) is 0 Å². The summed E-state index contributed by atoms with van der Waals surface area (Å²) in [5.41, 5.74) is 0.997. The molecule has 1 aromatic heterocycles. The van der Waals surface area contributed by atoms with Gasteiger partial charge in [0.1, 0.15) is 0 Å². The molecule has 3 heteroatoms. The van der Waals surface area contributed by atoms with E-state index in [-0.39, 0.29) is 6.10 Å². The number of nitrogens with zero attached hydrogens (tertiary/aromatic N) is 1. The van der Waals surface area contributed by atoms with E-state index < -0.39 is 0 Å². The fourth-order valence-electron chi connectivity index (χ4n) is 1.45. The average molecular weight is 208 g/mol. The third-order valence-electron chi connectivity index (χ3n) is 2.44. The maximum Gasteiger partial charge on any atom is 0.168 e. The highest BCUT2D eigenvalue weighted by molar-refractivity contribution is 5.50. The van der Waals surface area contributed by atoms with E-state index in [1.54, 1.807) is 0 Å². The van der Waals surface area contributed by atoms with E-state index in [9.17, 15) is 0 Å². The van der Waals surface area contributed by atoms with Crippen molar-refractivity contribution in [2.24, 2.45) is 0 Å². The van der Waals surface area contributed by atoms with Crippen molar-refractivity contribution in [1.82, 2.24) is 4.98 Å². The number of aromatic nitrogens is 1. The lowest BCUT2D eigenvalue weighted by Crippen LogP contribution is -2.15. The SMILES string of the molecule is CCC(CC)Oc1ccc(C)nc1NC. The minimum absolute atomic E-state index is 0.279. The van der Waals surface area contributed by atoms with Gasteiger partial charge in [-0.3, -0.25) is 0 Å². The Morgan fingerprint density at radius 3 is 2.53 bits per heavy atom. The van der Waals surface area contributed by atoms with Crippen LogP contribution in [0.2, 0.25) is 0 Å². The van der Waals surface area contributed by atoms with E-state index in [4.69, 9.17) is 4.74 Å². The highest BCUT2D eigenvalue weighted by Gasteiger charge is 2.09. The Labute approximate surface area is 91.9 Å². The molecular formula is C12H20N2O. The molecule has 84 valence electrons. The predicted octanol–water partition coefficient (Wildman–Crippen LogP) is 3.00. The van der Waals surface area contributed by atoms with Crippen molar-refractivity contribution in [2.75, 3.05) is 12.4 Å². The van der Waals surface area contributed by atoms with Gasteiger partial charge in [-0.1, -0.05) is 13.8 Å². The molecule has 0 saturated heterocycles. The molecule has 15 heavy (non-hydrogen) atoms. The summed E-state index contributed by atoms with van der Waals surface area (Å²) in [4.78, 5) is 4.38. The molecule has 0 aromatic carbocycles. The summed E-state index contributed by atoms with van der Waals surface area (Å²) in [6.07, 6.45) is 2.32. The van der Waals surface area contributed by atoms with Crippen LogP contribution < -0.4 is 10.1 Å². The third kappa shape index (κ3) is 3.11. The molecule has 0 saturated carbocycles. The van der Waals surface area contributed by atoms with Crippen molar-refractivity contribution < 1.29 is 4.74 Å². The van der Waals surface area contributed by atoms with Gasteiger partial charge in [0.25, 0.3) is 0 Å². The predicted molar refractivity (Wildman–Crippen MR) is 63.5 cm³/mol. The number of pyridine rings is 1. The lowest BCUT2D eigenvalue weighted by Gasteiger charge is -2.17. The topological polar surface area (TPSA) is 34.1 Å². The number of aryl methyl sites for hydroxylation is 1. The van der Waals surface area contributed by atoms with Gasteiger partial charge in [0.05, 0.1) is 6.10 Å². The van der Waals surface area contributed by atoms with Gasteiger partial charge in [0.15, 0.2) is 11.6 Å². The molecule has 0 atom stereocenters. The molecule has 0 aliphatic rings. The molecule has 0 aliphatic carbocycles. The Morgan fingerprint density at radius 2 is 2.00 bits per heavy atom. The fraction of sp³-hybridized carbons (Fsp3) is 0.583. The number of nitrogens with one attached hydrogen (secondary N) is 1. The Hall–Kier alpha value is -1.25. The maximum atomic E-state index is 5.86. The molecule has 1 rings (SSSR count). The minimum Gasteiger partial charge on any atom is -0.487 e. The number of rotatable bonds is 5. The highest BCUT2D eigenvalue weighted by atomic mass is 16.5. The zero-order valence-electron chi connectivity index (χ0n) is 10.0. The molecule has 1 N–H and O–H groups in total. The van der Waals surface area contributed by atoms with E-state index in [0.29, 0.717) is 0 Å². The zero-order valence-corrected chi connectivity index (χ0v) is 10.0. The molecule has 0 fully saturated rings. The van der Waals surface area contributed by atoms with Gasteiger partial charge in [-0.15, -0.1) is 0 Å². The molecule has 1 heterocycles. The molecule has 0 bridgehead atoms. The van der Waals surface area contributed by atoms with Crippen LogP contribution in [0.4, 0.5) is 5.82 Å². The third-order valence-corrected chi connectivity index (χ3v) is 2.44. The number of anilines is 1. The highest BCUT2D eigenvalue weighted by Crippen LogP contribution is 2.24. The standard InChI is InChI=1S/C12H20N2O/c1-5-10(6-2)15-11-8-7-9(3)14-12(11)13-4/h7-8,10H,5-6H2,1-4H3,(H,13,14). The van der Waals surface area contributed by atoms with Crippen molar-refractivity contribution in [1.29, 1.82) is 0 Å². The van der Waals surface area contributed by atoms with Crippen LogP contribution in [0.5, 0.6) is 5.75 Å². The molecule has 0 amide bonds. The van der Waals surface area contributed by atoms with E-state index >= 15 is 0 Å². The van der Waals surface area contributed by atoms with Crippen LogP contribution in [0.25, 0.3) is 0 Å². The number of hydrogen-bond donors (Lipinski definition) is 1. The quantitative estimate of drug-likeness (QED) is 0.807. The monoisotopic (exact) mass is 208 g/mol. The lowest BCUT2D eigenvalue weighted by molar-refractivity contribution is 0.193. The second-order valence-electron chi connectivity index (χ2n) is 3.61. The van der Waals surface area contributed by atoms with E-state index in [1.165, 1.54) is 0 Å². The van der Waals surface area contributed by atoms with Gasteiger partial charge in [-0.05, 0) is 31.9 Å². The summed E-state index contributed by atoms with van der Waals surface area (Å²) in [6.45, 7) is 6.24. The van der Waals surface area contributed by atoms with E-state index in [2.05, 4.69) is 24.1 Å². The van der Waals surface area contributed by atoms with Crippen LogP contribution in [-0.2, 0) is 0 Å². The van der Waals surface area contributed by atoms with Gasteiger partial charge >= 0.3 is 0 Å². The number of ether oxygens (including phenoxy) is 1. The first kappa shape index (κ1) is 11.8. The summed E-state index contributed by atoms with van der Waals surface area (Å²) in [7, 11) is 1.86. The largest absolute Gasteiger partial charge is 0.487 e. The smallest absolute Gasteiger partial charge is 0.168 e.